The molecule has 1 aromatic carbocycles. The highest BCUT2D eigenvalue weighted by atomic mass is 15.3. The van der Waals surface area contributed by atoms with Gasteiger partial charge in [0.25, 0.3) is 0 Å². The Balaban J connectivity index is 2.08. The van der Waals surface area contributed by atoms with E-state index in [9.17, 15) is 0 Å². The molecule has 0 aliphatic carbocycles. The van der Waals surface area contributed by atoms with Crippen LogP contribution in [0.15, 0.2) is 36.5 Å². The van der Waals surface area contributed by atoms with Crippen LogP contribution in [-0.4, -0.2) is 25.0 Å². The second-order valence-electron chi connectivity index (χ2n) is 3.94. The third kappa shape index (κ3) is 1.64. The molecule has 0 saturated carbocycles. The average molecular weight is 240 g/mol. The van der Waals surface area contributed by atoms with Gasteiger partial charge in [-0.25, -0.2) is 9.67 Å². The number of nitrogen functional groups attached to an aromatic ring is 1. The van der Waals surface area contributed by atoms with E-state index in [0.717, 1.165) is 17.1 Å². The first-order valence-electron chi connectivity index (χ1n) is 5.54. The number of H-pyrrole nitrogens is 1. The van der Waals surface area contributed by atoms with Crippen molar-refractivity contribution >= 4 is 5.82 Å². The molecule has 0 atom stereocenters. The molecule has 0 spiro atoms. The number of nitrogens with zero attached hydrogens (tertiary/aromatic N) is 4. The van der Waals surface area contributed by atoms with Crippen molar-refractivity contribution in [2.75, 3.05) is 5.73 Å². The predicted molar refractivity (Wildman–Crippen MR) is 68.1 cm³/mol. The Morgan fingerprint density at radius 3 is 2.67 bits per heavy atom. The third-order valence-electron chi connectivity index (χ3n) is 2.65. The molecule has 3 aromatic rings. The normalized spacial score (nSPS) is 10.7. The summed E-state index contributed by atoms with van der Waals surface area (Å²) in [6.45, 7) is 1.84. The molecular weight excluding hydrogens is 228 g/mol. The molecule has 0 amide bonds. The lowest BCUT2D eigenvalue weighted by atomic mass is 10.3. The highest BCUT2D eigenvalue weighted by molar-refractivity contribution is 5.69. The zero-order valence-corrected chi connectivity index (χ0v) is 9.83. The van der Waals surface area contributed by atoms with Gasteiger partial charge in [-0.2, -0.15) is 10.2 Å². The predicted octanol–water partition coefficient (Wildman–Crippen LogP) is 1.55. The van der Waals surface area contributed by atoms with Gasteiger partial charge in [0.15, 0.2) is 5.82 Å². The van der Waals surface area contributed by atoms with Crippen LogP contribution in [0.1, 0.15) is 5.82 Å². The number of benzene rings is 1. The van der Waals surface area contributed by atoms with Crippen LogP contribution in [0.25, 0.3) is 17.1 Å². The molecule has 0 saturated heterocycles. The summed E-state index contributed by atoms with van der Waals surface area (Å²) in [7, 11) is 0. The fourth-order valence-corrected chi connectivity index (χ4v) is 1.77. The SMILES string of the molecule is Cc1nc(-c2cnn(-c3ccccc3)c2N)n[nH]1. The molecule has 6 nitrogen and oxygen atoms in total. The van der Waals surface area contributed by atoms with Gasteiger partial charge in [-0.3, -0.25) is 5.10 Å². The molecule has 90 valence electrons. The van der Waals surface area contributed by atoms with Gasteiger partial charge in [0.2, 0.25) is 0 Å². The summed E-state index contributed by atoms with van der Waals surface area (Å²) >= 11 is 0. The smallest absolute Gasteiger partial charge is 0.186 e. The Morgan fingerprint density at radius 2 is 2.00 bits per heavy atom. The van der Waals surface area contributed by atoms with Crippen LogP contribution in [-0.2, 0) is 0 Å². The summed E-state index contributed by atoms with van der Waals surface area (Å²) < 4.78 is 1.67. The number of para-hydroxylation sites is 1. The van der Waals surface area contributed by atoms with Gasteiger partial charge in [0.05, 0.1) is 17.4 Å². The van der Waals surface area contributed by atoms with Crippen LogP contribution in [0.2, 0.25) is 0 Å². The van der Waals surface area contributed by atoms with Crippen molar-refractivity contribution < 1.29 is 0 Å². The molecule has 0 radical (unpaired) electrons. The summed E-state index contributed by atoms with van der Waals surface area (Å²) in [6.07, 6.45) is 1.67. The number of aromatic amines is 1. The molecule has 3 rings (SSSR count). The van der Waals surface area contributed by atoms with Crippen molar-refractivity contribution in [3.8, 4) is 17.1 Å². The monoisotopic (exact) mass is 240 g/mol. The summed E-state index contributed by atoms with van der Waals surface area (Å²) in [5.41, 5.74) is 7.72. The first kappa shape index (κ1) is 10.5. The standard InChI is InChI=1S/C12H12N6/c1-8-15-12(17-16-8)10-7-14-18(11(10)13)9-5-3-2-4-6-9/h2-7H,13H2,1H3,(H,15,16,17). The molecular formula is C12H12N6. The Kier molecular flexibility index (Phi) is 2.33. The third-order valence-corrected chi connectivity index (χ3v) is 2.65. The molecule has 18 heavy (non-hydrogen) atoms. The van der Waals surface area contributed by atoms with Gasteiger partial charge in [-0.1, -0.05) is 18.2 Å². The Bertz CT molecular complexity index is 667. The highest BCUT2D eigenvalue weighted by Gasteiger charge is 2.14. The molecule has 3 N–H and O–H groups in total. The minimum Gasteiger partial charge on any atom is -0.383 e. The van der Waals surface area contributed by atoms with Crippen LogP contribution in [0.4, 0.5) is 5.82 Å². The van der Waals surface area contributed by atoms with E-state index in [0.29, 0.717) is 11.6 Å². The topological polar surface area (TPSA) is 85.4 Å². The van der Waals surface area contributed by atoms with Crippen LogP contribution < -0.4 is 5.73 Å². The van der Waals surface area contributed by atoms with Crippen molar-refractivity contribution in [3.63, 3.8) is 0 Å². The van der Waals surface area contributed by atoms with Crippen molar-refractivity contribution in [2.24, 2.45) is 0 Å². The first-order valence-corrected chi connectivity index (χ1v) is 5.54. The van der Waals surface area contributed by atoms with E-state index in [1.54, 1.807) is 10.9 Å². The average Bonchev–Trinajstić information content (AvgIpc) is 2.97. The maximum absolute atomic E-state index is 6.08. The number of rotatable bonds is 2. The van der Waals surface area contributed by atoms with Crippen molar-refractivity contribution in [1.82, 2.24) is 25.0 Å². The van der Waals surface area contributed by atoms with Crippen molar-refractivity contribution in [3.05, 3.63) is 42.4 Å². The summed E-state index contributed by atoms with van der Waals surface area (Å²) in [4.78, 5) is 4.25. The van der Waals surface area contributed by atoms with Crippen molar-refractivity contribution in [1.29, 1.82) is 0 Å². The maximum atomic E-state index is 6.08. The van der Waals surface area contributed by atoms with Gasteiger partial charge in [0, 0.05) is 0 Å². The Labute approximate surface area is 103 Å². The summed E-state index contributed by atoms with van der Waals surface area (Å²) in [5.74, 6) is 1.84. The number of nitrogens with one attached hydrogen (secondary N) is 1. The van der Waals surface area contributed by atoms with E-state index in [2.05, 4.69) is 20.3 Å². The van der Waals surface area contributed by atoms with E-state index in [-0.39, 0.29) is 0 Å². The van der Waals surface area contributed by atoms with Gasteiger partial charge in [0.1, 0.15) is 11.6 Å². The van der Waals surface area contributed by atoms with E-state index >= 15 is 0 Å². The van der Waals surface area contributed by atoms with Crippen LogP contribution >= 0.6 is 0 Å². The minimum atomic E-state index is 0.528. The van der Waals surface area contributed by atoms with Gasteiger partial charge < -0.3 is 5.73 Å². The molecule has 2 heterocycles. The van der Waals surface area contributed by atoms with Crippen LogP contribution in [0, 0.1) is 6.92 Å². The quantitative estimate of drug-likeness (QED) is 0.711. The molecule has 0 bridgehead atoms. The lowest BCUT2D eigenvalue weighted by molar-refractivity contribution is 0.891. The van der Waals surface area contributed by atoms with Crippen molar-refractivity contribution in [2.45, 2.75) is 6.92 Å². The molecule has 0 aliphatic rings. The highest BCUT2D eigenvalue weighted by Crippen LogP contribution is 2.24. The number of aromatic nitrogens is 5. The molecule has 0 fully saturated rings. The maximum Gasteiger partial charge on any atom is 0.186 e. The molecule has 6 heteroatoms. The van der Waals surface area contributed by atoms with Gasteiger partial charge in [-0.15, -0.1) is 0 Å². The second-order valence-corrected chi connectivity index (χ2v) is 3.94. The summed E-state index contributed by atoms with van der Waals surface area (Å²) in [5, 5.41) is 11.1. The lowest BCUT2D eigenvalue weighted by Gasteiger charge is -2.03. The Morgan fingerprint density at radius 1 is 1.22 bits per heavy atom. The molecule has 0 unspecified atom stereocenters. The van der Waals surface area contributed by atoms with E-state index < -0.39 is 0 Å². The molecule has 2 aromatic heterocycles. The number of anilines is 1. The number of hydrogen-bond donors (Lipinski definition) is 2. The number of hydrogen-bond acceptors (Lipinski definition) is 4. The minimum absolute atomic E-state index is 0.528. The second kappa shape index (κ2) is 3.99. The fraction of sp³-hybridized carbons (Fsp3) is 0.0833. The fourth-order valence-electron chi connectivity index (χ4n) is 1.77. The molecule has 0 aliphatic heterocycles. The van der Waals surface area contributed by atoms with Gasteiger partial charge >= 0.3 is 0 Å². The largest absolute Gasteiger partial charge is 0.383 e. The van der Waals surface area contributed by atoms with E-state index in [1.165, 1.54) is 0 Å². The lowest BCUT2D eigenvalue weighted by Crippen LogP contribution is -2.02. The Hall–Kier alpha value is -2.63. The first-order chi connectivity index (χ1) is 8.75. The van der Waals surface area contributed by atoms with E-state index in [4.69, 9.17) is 5.73 Å². The number of aryl methyl sites for hydroxylation is 1. The number of nitrogens with two attached hydrogens (primary N) is 1. The zero-order chi connectivity index (χ0) is 12.5. The van der Waals surface area contributed by atoms with Crippen LogP contribution in [0.3, 0.4) is 0 Å². The van der Waals surface area contributed by atoms with Crippen LogP contribution in [0.5, 0.6) is 0 Å². The van der Waals surface area contributed by atoms with Gasteiger partial charge in [-0.05, 0) is 19.1 Å². The summed E-state index contributed by atoms with van der Waals surface area (Å²) in [6, 6.07) is 9.70. The van der Waals surface area contributed by atoms with E-state index in [1.807, 2.05) is 37.3 Å². The zero-order valence-electron chi connectivity index (χ0n) is 9.83.